The molecule has 0 bridgehead atoms. The SMILES string of the molecule is CC(O)c1cccc(S(=O)(=O)N2CCNC(=O)CC2)c1. The fraction of sp³-hybridized carbons (Fsp3) is 0.462. The minimum absolute atomic E-state index is 0.138. The topological polar surface area (TPSA) is 86.7 Å². The summed E-state index contributed by atoms with van der Waals surface area (Å²) in [5, 5.41) is 12.2. The van der Waals surface area contributed by atoms with Crippen molar-refractivity contribution in [1.82, 2.24) is 9.62 Å². The molecule has 2 rings (SSSR count). The highest BCUT2D eigenvalue weighted by molar-refractivity contribution is 7.89. The number of benzene rings is 1. The zero-order chi connectivity index (χ0) is 14.8. The van der Waals surface area contributed by atoms with Gasteiger partial charge in [0, 0.05) is 26.1 Å². The standard InChI is InChI=1S/C13H18N2O4S/c1-10(16)11-3-2-4-12(9-11)20(18,19)15-7-5-13(17)14-6-8-15/h2-4,9-10,16H,5-8H2,1H3,(H,14,17). The van der Waals surface area contributed by atoms with Crippen LogP contribution in [0.1, 0.15) is 25.0 Å². The molecule has 1 aromatic rings. The van der Waals surface area contributed by atoms with Gasteiger partial charge in [-0.05, 0) is 24.6 Å². The molecule has 1 atom stereocenters. The van der Waals surface area contributed by atoms with E-state index in [0.717, 1.165) is 0 Å². The Morgan fingerprint density at radius 2 is 2.10 bits per heavy atom. The van der Waals surface area contributed by atoms with Crippen molar-refractivity contribution in [2.75, 3.05) is 19.6 Å². The molecule has 1 aliphatic heterocycles. The molecule has 6 nitrogen and oxygen atoms in total. The first kappa shape index (κ1) is 15.0. The van der Waals surface area contributed by atoms with Crippen LogP contribution in [0.25, 0.3) is 0 Å². The van der Waals surface area contributed by atoms with E-state index in [1.807, 2.05) is 0 Å². The molecule has 0 radical (unpaired) electrons. The lowest BCUT2D eigenvalue weighted by atomic mass is 10.1. The molecule has 0 aliphatic carbocycles. The summed E-state index contributed by atoms with van der Waals surface area (Å²) in [7, 11) is -3.63. The quantitative estimate of drug-likeness (QED) is 0.837. The largest absolute Gasteiger partial charge is 0.389 e. The number of amides is 1. The predicted octanol–water partition coefficient (Wildman–Crippen LogP) is 0.251. The summed E-state index contributed by atoms with van der Waals surface area (Å²) in [6.07, 6.45) is -0.562. The lowest BCUT2D eigenvalue weighted by molar-refractivity contribution is -0.120. The average Bonchev–Trinajstić information content (AvgIpc) is 2.64. The van der Waals surface area contributed by atoms with Crippen molar-refractivity contribution in [3.8, 4) is 0 Å². The highest BCUT2D eigenvalue weighted by Crippen LogP contribution is 2.21. The highest BCUT2D eigenvalue weighted by Gasteiger charge is 2.27. The van der Waals surface area contributed by atoms with E-state index in [9.17, 15) is 18.3 Å². The Balaban J connectivity index is 2.29. The molecule has 2 N–H and O–H groups in total. The van der Waals surface area contributed by atoms with Crippen LogP contribution in [0.15, 0.2) is 29.2 Å². The normalized spacial score (nSPS) is 19.2. The van der Waals surface area contributed by atoms with E-state index in [1.165, 1.54) is 16.4 Å². The number of sulfonamides is 1. The second-order valence-corrected chi connectivity index (χ2v) is 6.69. The highest BCUT2D eigenvalue weighted by atomic mass is 32.2. The van der Waals surface area contributed by atoms with Gasteiger partial charge in [0.2, 0.25) is 15.9 Å². The molecule has 0 spiro atoms. The molecular weight excluding hydrogens is 280 g/mol. The number of hydrogen-bond acceptors (Lipinski definition) is 4. The number of rotatable bonds is 3. The van der Waals surface area contributed by atoms with E-state index < -0.39 is 16.1 Å². The molecule has 0 aromatic heterocycles. The van der Waals surface area contributed by atoms with Gasteiger partial charge in [0.25, 0.3) is 0 Å². The van der Waals surface area contributed by atoms with Gasteiger partial charge in [-0.1, -0.05) is 12.1 Å². The van der Waals surface area contributed by atoms with Gasteiger partial charge in [0.15, 0.2) is 0 Å². The van der Waals surface area contributed by atoms with Crippen molar-refractivity contribution < 1.29 is 18.3 Å². The minimum atomic E-state index is -3.63. The van der Waals surface area contributed by atoms with Crippen LogP contribution >= 0.6 is 0 Å². The van der Waals surface area contributed by atoms with Crippen LogP contribution in [-0.2, 0) is 14.8 Å². The maximum Gasteiger partial charge on any atom is 0.243 e. The van der Waals surface area contributed by atoms with Gasteiger partial charge in [-0.3, -0.25) is 4.79 Å². The molecule has 1 heterocycles. The molecule has 1 fully saturated rings. The van der Waals surface area contributed by atoms with Gasteiger partial charge in [0.1, 0.15) is 0 Å². The number of carbonyl (C=O) groups is 1. The van der Waals surface area contributed by atoms with Crippen molar-refractivity contribution in [2.24, 2.45) is 0 Å². The Kier molecular flexibility index (Phi) is 4.42. The van der Waals surface area contributed by atoms with Crippen molar-refractivity contribution in [2.45, 2.75) is 24.3 Å². The van der Waals surface area contributed by atoms with Crippen molar-refractivity contribution in [1.29, 1.82) is 0 Å². The third kappa shape index (κ3) is 3.17. The fourth-order valence-electron chi connectivity index (χ4n) is 2.07. The summed E-state index contributed by atoms with van der Waals surface area (Å²) in [5.41, 5.74) is 0.551. The molecule has 1 aliphatic rings. The van der Waals surface area contributed by atoms with E-state index in [1.54, 1.807) is 19.1 Å². The van der Waals surface area contributed by atoms with Gasteiger partial charge in [0.05, 0.1) is 11.0 Å². The number of nitrogens with zero attached hydrogens (tertiary/aromatic N) is 1. The first-order valence-electron chi connectivity index (χ1n) is 6.46. The van der Waals surface area contributed by atoms with Gasteiger partial charge >= 0.3 is 0 Å². The van der Waals surface area contributed by atoms with Crippen LogP contribution in [-0.4, -0.2) is 43.4 Å². The van der Waals surface area contributed by atoms with E-state index in [-0.39, 0.29) is 30.3 Å². The molecule has 1 saturated heterocycles. The summed E-state index contributed by atoms with van der Waals surface area (Å²) in [6.45, 7) is 2.33. The third-order valence-electron chi connectivity index (χ3n) is 3.25. The first-order valence-corrected chi connectivity index (χ1v) is 7.90. The zero-order valence-electron chi connectivity index (χ0n) is 11.2. The molecule has 110 valence electrons. The Bertz CT molecular complexity index is 598. The molecule has 7 heteroatoms. The molecular formula is C13H18N2O4S. The smallest absolute Gasteiger partial charge is 0.243 e. The monoisotopic (exact) mass is 298 g/mol. The van der Waals surface area contributed by atoms with Crippen LogP contribution in [0.4, 0.5) is 0 Å². The Morgan fingerprint density at radius 1 is 1.35 bits per heavy atom. The van der Waals surface area contributed by atoms with Gasteiger partial charge < -0.3 is 10.4 Å². The number of aliphatic hydroxyl groups excluding tert-OH is 1. The number of aliphatic hydroxyl groups is 1. The van der Waals surface area contributed by atoms with Gasteiger partial charge in [-0.25, -0.2) is 8.42 Å². The second kappa shape index (κ2) is 5.90. The van der Waals surface area contributed by atoms with Crippen molar-refractivity contribution in [3.63, 3.8) is 0 Å². The zero-order valence-corrected chi connectivity index (χ0v) is 12.1. The van der Waals surface area contributed by atoms with Crippen LogP contribution in [0, 0.1) is 0 Å². The third-order valence-corrected chi connectivity index (χ3v) is 5.14. The first-order chi connectivity index (χ1) is 9.41. The molecule has 1 amide bonds. The Hall–Kier alpha value is -1.44. The summed E-state index contributed by atoms with van der Waals surface area (Å²) >= 11 is 0. The summed E-state index contributed by atoms with van der Waals surface area (Å²) in [6, 6.07) is 6.26. The maximum absolute atomic E-state index is 12.5. The maximum atomic E-state index is 12.5. The van der Waals surface area contributed by atoms with Crippen LogP contribution in [0.5, 0.6) is 0 Å². The number of nitrogens with one attached hydrogen (secondary N) is 1. The van der Waals surface area contributed by atoms with E-state index in [4.69, 9.17) is 0 Å². The summed E-state index contributed by atoms with van der Waals surface area (Å²) < 4.78 is 26.4. The molecule has 1 aromatic carbocycles. The van der Waals surface area contributed by atoms with Crippen LogP contribution in [0.3, 0.4) is 0 Å². The van der Waals surface area contributed by atoms with Crippen LogP contribution in [0.2, 0.25) is 0 Å². The number of hydrogen-bond donors (Lipinski definition) is 2. The van der Waals surface area contributed by atoms with Gasteiger partial charge in [-0.15, -0.1) is 0 Å². The van der Waals surface area contributed by atoms with E-state index >= 15 is 0 Å². The fourth-order valence-corrected chi connectivity index (χ4v) is 3.57. The Labute approximate surface area is 118 Å². The lowest BCUT2D eigenvalue weighted by Gasteiger charge is -2.19. The lowest BCUT2D eigenvalue weighted by Crippen LogP contribution is -2.34. The molecule has 0 saturated carbocycles. The van der Waals surface area contributed by atoms with Gasteiger partial charge in [-0.2, -0.15) is 4.31 Å². The molecule has 1 unspecified atom stereocenters. The average molecular weight is 298 g/mol. The molecule has 20 heavy (non-hydrogen) atoms. The predicted molar refractivity (Wildman–Crippen MR) is 73.5 cm³/mol. The summed E-state index contributed by atoms with van der Waals surface area (Å²) in [5.74, 6) is -0.138. The summed E-state index contributed by atoms with van der Waals surface area (Å²) in [4.78, 5) is 11.4. The Morgan fingerprint density at radius 3 is 2.80 bits per heavy atom. The van der Waals surface area contributed by atoms with E-state index in [2.05, 4.69) is 5.32 Å². The minimum Gasteiger partial charge on any atom is -0.389 e. The van der Waals surface area contributed by atoms with Crippen molar-refractivity contribution in [3.05, 3.63) is 29.8 Å². The van der Waals surface area contributed by atoms with Crippen LogP contribution < -0.4 is 5.32 Å². The van der Waals surface area contributed by atoms with Crippen molar-refractivity contribution >= 4 is 15.9 Å². The number of carbonyl (C=O) groups excluding carboxylic acids is 1. The van der Waals surface area contributed by atoms with E-state index in [0.29, 0.717) is 12.1 Å². The second-order valence-electron chi connectivity index (χ2n) is 4.75.